The van der Waals surface area contributed by atoms with Crippen LogP contribution >= 0.6 is 7.82 Å². The van der Waals surface area contributed by atoms with Gasteiger partial charge in [0, 0.05) is 12.8 Å². The Morgan fingerprint density at radius 2 is 1.00 bits per heavy atom. The molecule has 0 aromatic rings. The molecule has 328 valence electrons. The molecule has 0 rings (SSSR count). The van der Waals surface area contributed by atoms with Gasteiger partial charge < -0.3 is 27.9 Å². The average molecular weight is 828 g/mol. The van der Waals surface area contributed by atoms with E-state index in [1.165, 1.54) is 25.7 Å². The van der Waals surface area contributed by atoms with Crippen molar-refractivity contribution in [2.45, 2.75) is 136 Å². The summed E-state index contributed by atoms with van der Waals surface area (Å²) < 4.78 is 33.7. The molecule has 0 saturated carbocycles. The minimum absolute atomic E-state index is 0.0566. The molecule has 0 amide bonds. The Labute approximate surface area is 353 Å². The van der Waals surface area contributed by atoms with Crippen molar-refractivity contribution in [1.82, 2.24) is 0 Å². The minimum Gasteiger partial charge on any atom is -0.756 e. The Balaban J connectivity index is 4.58. The van der Waals surface area contributed by atoms with Crippen LogP contribution in [0.15, 0.2) is 109 Å². The van der Waals surface area contributed by atoms with Gasteiger partial charge in [-0.1, -0.05) is 136 Å². The van der Waals surface area contributed by atoms with Gasteiger partial charge in [0.05, 0.1) is 27.7 Å². The summed E-state index contributed by atoms with van der Waals surface area (Å²) in [6, 6.07) is 0. The van der Waals surface area contributed by atoms with Crippen LogP contribution in [0.25, 0.3) is 0 Å². The summed E-state index contributed by atoms with van der Waals surface area (Å²) in [5.74, 6) is -0.993. The van der Waals surface area contributed by atoms with Gasteiger partial charge in [-0.3, -0.25) is 14.2 Å². The number of phosphoric acid groups is 1. The van der Waals surface area contributed by atoms with Gasteiger partial charge in [-0.15, -0.1) is 0 Å². The van der Waals surface area contributed by atoms with Crippen molar-refractivity contribution in [1.29, 1.82) is 0 Å². The lowest BCUT2D eigenvalue weighted by Gasteiger charge is -2.28. The third-order valence-corrected chi connectivity index (χ3v) is 9.25. The van der Waals surface area contributed by atoms with E-state index in [1.807, 2.05) is 33.3 Å². The van der Waals surface area contributed by atoms with Gasteiger partial charge in [-0.2, -0.15) is 0 Å². The van der Waals surface area contributed by atoms with Crippen LogP contribution in [-0.2, 0) is 32.7 Å². The van der Waals surface area contributed by atoms with Crippen LogP contribution in [0.1, 0.15) is 129 Å². The number of carbonyl (C=O) groups excluding carboxylic acids is 2. The van der Waals surface area contributed by atoms with Gasteiger partial charge in [-0.25, -0.2) is 0 Å². The van der Waals surface area contributed by atoms with Crippen molar-refractivity contribution in [3.8, 4) is 0 Å². The van der Waals surface area contributed by atoms with E-state index in [9.17, 15) is 19.0 Å². The molecule has 0 saturated heterocycles. The van der Waals surface area contributed by atoms with Crippen molar-refractivity contribution in [3.05, 3.63) is 109 Å². The number of rotatable bonds is 37. The summed E-state index contributed by atoms with van der Waals surface area (Å²) >= 11 is 0. The number of hydrogen-bond acceptors (Lipinski definition) is 8. The predicted molar refractivity (Wildman–Crippen MR) is 240 cm³/mol. The largest absolute Gasteiger partial charge is 0.756 e. The molecule has 0 spiro atoms. The summed E-state index contributed by atoms with van der Waals surface area (Å²) in [6.07, 6.45) is 52.8. The van der Waals surface area contributed by atoms with Gasteiger partial charge in [0.15, 0.2) is 6.10 Å². The summed E-state index contributed by atoms with van der Waals surface area (Å²) in [5.41, 5.74) is 0. The van der Waals surface area contributed by atoms with Crippen molar-refractivity contribution < 1.29 is 42.1 Å². The number of phosphoric ester groups is 1. The molecule has 0 aromatic heterocycles. The summed E-state index contributed by atoms with van der Waals surface area (Å²) in [7, 11) is 1.08. The maximum Gasteiger partial charge on any atom is 0.306 e. The van der Waals surface area contributed by atoms with Crippen LogP contribution < -0.4 is 4.89 Å². The Morgan fingerprint density at radius 1 is 0.552 bits per heavy atom. The van der Waals surface area contributed by atoms with Gasteiger partial charge in [0.2, 0.25) is 0 Å². The quantitative estimate of drug-likeness (QED) is 0.0200. The molecular formula is C48H78NO8P. The van der Waals surface area contributed by atoms with Crippen LogP contribution in [0.2, 0.25) is 0 Å². The van der Waals surface area contributed by atoms with Gasteiger partial charge in [0.25, 0.3) is 7.82 Å². The standard InChI is InChI=1S/C48H78NO8P/c1-6-8-10-12-14-16-18-20-22-23-24-25-27-28-30-32-34-36-38-40-47(50)54-44-46(45-56-58(52,53)55-43-42-49(3,4)5)57-48(51)41-39-37-35-33-31-29-26-21-19-17-15-13-11-9-7-2/h9,11,14-17,20-22,24-26,28,30-31,33-34,36,46H,6-8,10,12-13,18-19,23,27,29,32,35,37-45H2,1-5H3/b11-9-,16-14-,17-15-,22-20-,25-24-,26-21-,30-28-,33-31-,36-34-/t46-/m1/s1. The highest BCUT2D eigenvalue weighted by atomic mass is 31.2. The maximum absolute atomic E-state index is 12.6. The van der Waals surface area contributed by atoms with E-state index in [2.05, 4.69) is 111 Å². The van der Waals surface area contributed by atoms with Crippen LogP contribution in [-0.4, -0.2) is 70.0 Å². The fourth-order valence-corrected chi connectivity index (χ4v) is 5.65. The number of carbonyl (C=O) groups is 2. The summed E-state index contributed by atoms with van der Waals surface area (Å²) in [4.78, 5) is 37.5. The third kappa shape index (κ3) is 42.3. The van der Waals surface area contributed by atoms with E-state index in [-0.39, 0.29) is 26.1 Å². The van der Waals surface area contributed by atoms with E-state index in [0.717, 1.165) is 64.2 Å². The van der Waals surface area contributed by atoms with Crippen molar-refractivity contribution >= 4 is 19.8 Å². The Bertz CT molecular complexity index is 1350. The zero-order valence-electron chi connectivity index (χ0n) is 36.7. The highest BCUT2D eigenvalue weighted by molar-refractivity contribution is 7.45. The molecule has 0 radical (unpaired) electrons. The van der Waals surface area contributed by atoms with E-state index in [1.54, 1.807) is 0 Å². The normalized spacial score (nSPS) is 14.7. The van der Waals surface area contributed by atoms with Gasteiger partial charge >= 0.3 is 11.9 Å². The molecular weight excluding hydrogens is 750 g/mol. The molecule has 0 aliphatic heterocycles. The Kier molecular flexibility index (Phi) is 36.9. The molecule has 58 heavy (non-hydrogen) atoms. The lowest BCUT2D eigenvalue weighted by molar-refractivity contribution is -0.870. The van der Waals surface area contributed by atoms with Crippen LogP contribution in [0, 0.1) is 0 Å². The number of esters is 2. The number of nitrogens with zero attached hydrogens (tertiary/aromatic N) is 1. The lowest BCUT2D eigenvalue weighted by Crippen LogP contribution is -2.37. The van der Waals surface area contributed by atoms with E-state index in [0.29, 0.717) is 23.9 Å². The second-order valence-electron chi connectivity index (χ2n) is 15.0. The summed E-state index contributed by atoms with van der Waals surface area (Å²) in [6.45, 7) is 3.91. The number of quaternary nitrogens is 1. The molecule has 10 heteroatoms. The first-order valence-corrected chi connectivity index (χ1v) is 23.1. The smallest absolute Gasteiger partial charge is 0.306 e. The molecule has 0 aliphatic rings. The number of hydrogen-bond donors (Lipinski definition) is 0. The first-order valence-electron chi connectivity index (χ1n) is 21.6. The first kappa shape index (κ1) is 54.7. The van der Waals surface area contributed by atoms with E-state index >= 15 is 0 Å². The van der Waals surface area contributed by atoms with Crippen molar-refractivity contribution in [2.24, 2.45) is 0 Å². The van der Waals surface area contributed by atoms with Crippen LogP contribution in [0.3, 0.4) is 0 Å². The molecule has 0 aromatic carbocycles. The fourth-order valence-electron chi connectivity index (χ4n) is 4.92. The molecule has 2 atom stereocenters. The number of unbranched alkanes of at least 4 members (excludes halogenated alkanes) is 5. The lowest BCUT2D eigenvalue weighted by atomic mass is 10.2. The monoisotopic (exact) mass is 828 g/mol. The molecule has 0 heterocycles. The number of ether oxygens (including phenoxy) is 2. The molecule has 0 bridgehead atoms. The Hall–Kier alpha value is -3.33. The SMILES string of the molecule is CC/C=C\C/C=C\C/C=C\C/C=C\CCCCC(=O)O[C@H](COC(=O)CC/C=C\C/C=C\C/C=C\C/C=C\C/C=C\CCCCC)COP(=O)([O-])OCC[N+](C)(C)C. The second-order valence-corrected chi connectivity index (χ2v) is 16.4. The zero-order valence-corrected chi connectivity index (χ0v) is 37.6. The second kappa shape index (κ2) is 39.1. The first-order chi connectivity index (χ1) is 28.0. The summed E-state index contributed by atoms with van der Waals surface area (Å²) in [5, 5.41) is 0. The molecule has 1 unspecified atom stereocenters. The maximum atomic E-state index is 12.6. The predicted octanol–water partition coefficient (Wildman–Crippen LogP) is 11.7. The molecule has 0 fully saturated rings. The minimum atomic E-state index is -4.66. The zero-order chi connectivity index (χ0) is 42.8. The molecule has 9 nitrogen and oxygen atoms in total. The van der Waals surface area contributed by atoms with Crippen molar-refractivity contribution in [2.75, 3.05) is 47.5 Å². The van der Waals surface area contributed by atoms with Crippen LogP contribution in [0.5, 0.6) is 0 Å². The average Bonchev–Trinajstić information content (AvgIpc) is 3.17. The number of likely N-dealkylation sites (N-methyl/N-ethyl adjacent to an activating group) is 1. The van der Waals surface area contributed by atoms with Crippen molar-refractivity contribution in [3.63, 3.8) is 0 Å². The number of allylic oxidation sites excluding steroid dienone is 18. The highest BCUT2D eigenvalue weighted by Crippen LogP contribution is 2.38. The van der Waals surface area contributed by atoms with Gasteiger partial charge in [-0.05, 0) is 89.9 Å². The molecule has 0 N–H and O–H groups in total. The van der Waals surface area contributed by atoms with Crippen LogP contribution in [0.4, 0.5) is 0 Å². The fraction of sp³-hybridized carbons (Fsp3) is 0.583. The highest BCUT2D eigenvalue weighted by Gasteiger charge is 2.21. The molecule has 0 aliphatic carbocycles. The van der Waals surface area contributed by atoms with E-state index < -0.39 is 32.5 Å². The van der Waals surface area contributed by atoms with Gasteiger partial charge in [0.1, 0.15) is 19.8 Å². The van der Waals surface area contributed by atoms with E-state index in [4.69, 9.17) is 18.5 Å². The topological polar surface area (TPSA) is 111 Å². The Morgan fingerprint density at radius 3 is 1.47 bits per heavy atom. The third-order valence-electron chi connectivity index (χ3n) is 8.29.